The van der Waals surface area contributed by atoms with Crippen LogP contribution in [0.5, 0.6) is 5.75 Å². The lowest BCUT2D eigenvalue weighted by atomic mass is 9.81. The van der Waals surface area contributed by atoms with E-state index in [0.717, 1.165) is 46.3 Å². The molecule has 32 heavy (non-hydrogen) atoms. The highest BCUT2D eigenvalue weighted by molar-refractivity contribution is 5.99. The average molecular weight is 434 g/mol. The quantitative estimate of drug-likeness (QED) is 0.376. The van der Waals surface area contributed by atoms with Gasteiger partial charge in [-0.2, -0.15) is 0 Å². The molecule has 0 bridgehead atoms. The minimum absolute atomic E-state index is 0.0837. The molecule has 0 unspecified atom stereocenters. The number of fused-ring (bicyclic) bond motifs is 1. The molecule has 1 saturated carbocycles. The predicted octanol–water partition coefficient (Wildman–Crippen LogP) is 5.83. The first kappa shape index (κ1) is 22.2. The van der Waals surface area contributed by atoms with E-state index in [4.69, 9.17) is 9.47 Å². The topological polar surface area (TPSA) is 60.7 Å². The summed E-state index contributed by atoms with van der Waals surface area (Å²) in [5.41, 5.74) is 5.73. The monoisotopic (exact) mass is 433 g/mol. The molecule has 1 N–H and O–H groups in total. The van der Waals surface area contributed by atoms with Gasteiger partial charge in [0.25, 0.3) is 0 Å². The van der Waals surface area contributed by atoms with E-state index in [1.54, 1.807) is 7.11 Å². The van der Waals surface area contributed by atoms with E-state index in [1.807, 2.05) is 36.4 Å². The minimum atomic E-state index is -0.348. The van der Waals surface area contributed by atoms with E-state index < -0.39 is 0 Å². The van der Waals surface area contributed by atoms with Crippen molar-refractivity contribution in [3.8, 4) is 17.0 Å². The van der Waals surface area contributed by atoms with Crippen molar-refractivity contribution in [3.63, 3.8) is 0 Å². The Morgan fingerprint density at radius 3 is 2.59 bits per heavy atom. The number of aliphatic hydroxyl groups is 1. The van der Waals surface area contributed by atoms with Gasteiger partial charge in [0, 0.05) is 23.0 Å². The number of hydrogen-bond acceptors (Lipinski definition) is 4. The van der Waals surface area contributed by atoms with E-state index in [0.29, 0.717) is 18.0 Å². The van der Waals surface area contributed by atoms with Crippen molar-refractivity contribution in [1.29, 1.82) is 0 Å². The van der Waals surface area contributed by atoms with E-state index >= 15 is 0 Å². The molecule has 0 radical (unpaired) electrons. The first-order valence-corrected chi connectivity index (χ1v) is 11.3. The molecule has 1 aliphatic carbocycles. The average Bonchev–Trinajstić information content (AvgIpc) is 3.17. The van der Waals surface area contributed by atoms with Crippen molar-refractivity contribution in [3.05, 3.63) is 65.7 Å². The van der Waals surface area contributed by atoms with Crippen LogP contribution in [0.15, 0.2) is 49.1 Å². The lowest BCUT2D eigenvalue weighted by Gasteiger charge is -2.24. The van der Waals surface area contributed by atoms with Gasteiger partial charge >= 0.3 is 5.97 Å². The minimum Gasteiger partial charge on any atom is -0.497 e. The molecule has 1 heterocycles. The molecular weight excluding hydrogens is 402 g/mol. The van der Waals surface area contributed by atoms with Gasteiger partial charge in [-0.05, 0) is 60.2 Å². The highest BCUT2D eigenvalue weighted by Gasteiger charge is 2.28. The highest BCUT2D eigenvalue weighted by Crippen LogP contribution is 2.45. The van der Waals surface area contributed by atoms with Crippen LogP contribution in [-0.4, -0.2) is 29.9 Å². The summed E-state index contributed by atoms with van der Waals surface area (Å²) in [5, 5.41) is 11.4. The Kier molecular flexibility index (Phi) is 6.66. The normalized spacial score (nSPS) is 14.5. The van der Waals surface area contributed by atoms with E-state index in [2.05, 4.69) is 17.2 Å². The summed E-state index contributed by atoms with van der Waals surface area (Å²) in [4.78, 5) is 12.3. The van der Waals surface area contributed by atoms with E-state index in [9.17, 15) is 9.90 Å². The molecule has 168 valence electrons. The zero-order valence-electron chi connectivity index (χ0n) is 18.9. The van der Waals surface area contributed by atoms with Gasteiger partial charge in [0.15, 0.2) is 0 Å². The van der Waals surface area contributed by atoms with Crippen LogP contribution in [0.3, 0.4) is 0 Å². The fourth-order valence-electron chi connectivity index (χ4n) is 5.09. The van der Waals surface area contributed by atoms with Crippen LogP contribution >= 0.6 is 0 Å². The molecule has 0 saturated heterocycles. The maximum absolute atomic E-state index is 12.3. The van der Waals surface area contributed by atoms with Crippen molar-refractivity contribution in [2.45, 2.75) is 51.2 Å². The molecular formula is C27H31NO4. The number of carbonyl (C=O) groups excluding carboxylic acids is 1. The number of methoxy groups -OCH3 is 2. The van der Waals surface area contributed by atoms with Crippen molar-refractivity contribution in [1.82, 2.24) is 4.57 Å². The van der Waals surface area contributed by atoms with Crippen molar-refractivity contribution in [2.75, 3.05) is 14.2 Å². The van der Waals surface area contributed by atoms with Crippen LogP contribution in [0.25, 0.3) is 22.2 Å². The van der Waals surface area contributed by atoms with Gasteiger partial charge in [0.2, 0.25) is 0 Å². The largest absolute Gasteiger partial charge is 0.497 e. The number of rotatable bonds is 7. The van der Waals surface area contributed by atoms with Crippen molar-refractivity contribution >= 4 is 16.9 Å². The summed E-state index contributed by atoms with van der Waals surface area (Å²) in [6.45, 7) is 4.49. The zero-order valence-corrected chi connectivity index (χ0v) is 18.9. The third kappa shape index (κ3) is 3.93. The number of esters is 1. The van der Waals surface area contributed by atoms with Crippen molar-refractivity contribution < 1.29 is 19.4 Å². The second kappa shape index (κ2) is 9.61. The lowest BCUT2D eigenvalue weighted by Crippen LogP contribution is -2.08. The van der Waals surface area contributed by atoms with E-state index in [-0.39, 0.29) is 12.6 Å². The molecule has 1 aromatic heterocycles. The number of hydrogen-bond donors (Lipinski definition) is 1. The smallest absolute Gasteiger partial charge is 0.337 e. The number of allylic oxidation sites excluding steroid dienone is 1. The molecule has 3 aromatic rings. The van der Waals surface area contributed by atoms with Gasteiger partial charge in [-0.3, -0.25) is 0 Å². The van der Waals surface area contributed by atoms with Gasteiger partial charge in [-0.15, -0.1) is 6.58 Å². The second-order valence-electron chi connectivity index (χ2n) is 8.40. The summed E-state index contributed by atoms with van der Waals surface area (Å²) in [6, 6.07) is 11.7. The Labute approximate surface area is 189 Å². The second-order valence-corrected chi connectivity index (χ2v) is 8.40. The molecule has 5 nitrogen and oxygen atoms in total. The van der Waals surface area contributed by atoms with Gasteiger partial charge in [0.1, 0.15) is 5.75 Å². The highest BCUT2D eigenvalue weighted by atomic mass is 16.5. The fraction of sp³-hybridized carbons (Fsp3) is 0.370. The third-order valence-electron chi connectivity index (χ3n) is 6.59. The number of benzene rings is 2. The molecule has 0 atom stereocenters. The molecule has 2 aromatic carbocycles. The number of carbonyl (C=O) groups is 1. The van der Waals surface area contributed by atoms with Gasteiger partial charge < -0.3 is 19.1 Å². The van der Waals surface area contributed by atoms with E-state index in [1.165, 1.54) is 31.9 Å². The Morgan fingerprint density at radius 2 is 1.94 bits per heavy atom. The SMILES string of the molecule is C=CCn1c(-c2ccc(OC)cc2CO)c(C2CCCCC2)c2ccc(C(=O)OC)cc21. The number of ether oxygens (including phenoxy) is 2. The molecule has 5 heteroatoms. The third-order valence-corrected chi connectivity index (χ3v) is 6.59. The number of aromatic nitrogens is 1. The van der Waals surface area contributed by atoms with Crippen LogP contribution in [0.1, 0.15) is 59.5 Å². The zero-order chi connectivity index (χ0) is 22.7. The van der Waals surface area contributed by atoms with Crippen LogP contribution in [-0.2, 0) is 17.9 Å². The lowest BCUT2D eigenvalue weighted by molar-refractivity contribution is 0.0601. The number of nitrogens with zero attached hydrogens (tertiary/aromatic N) is 1. The Bertz CT molecular complexity index is 1140. The summed E-state index contributed by atoms with van der Waals surface area (Å²) < 4.78 is 12.6. The first-order valence-electron chi connectivity index (χ1n) is 11.3. The standard InChI is InChI=1S/C27H31NO4/c1-4-14-28-24-16-19(27(30)32-3)10-12-23(24)25(18-8-6-5-7-9-18)26(28)22-13-11-21(31-2)15-20(22)17-29/h4,10-13,15-16,18,29H,1,5-9,14,17H2,2-3H3. The predicted molar refractivity (Wildman–Crippen MR) is 127 cm³/mol. The van der Waals surface area contributed by atoms with Crippen LogP contribution in [0.2, 0.25) is 0 Å². The van der Waals surface area contributed by atoms with Crippen LogP contribution in [0.4, 0.5) is 0 Å². The van der Waals surface area contributed by atoms with Crippen LogP contribution < -0.4 is 4.74 Å². The molecule has 0 aliphatic heterocycles. The molecule has 1 fully saturated rings. The Morgan fingerprint density at radius 1 is 1.16 bits per heavy atom. The van der Waals surface area contributed by atoms with Crippen LogP contribution in [0, 0.1) is 0 Å². The van der Waals surface area contributed by atoms with Crippen molar-refractivity contribution in [2.24, 2.45) is 0 Å². The summed E-state index contributed by atoms with van der Waals surface area (Å²) in [6.07, 6.45) is 7.86. The summed E-state index contributed by atoms with van der Waals surface area (Å²) in [5.74, 6) is 0.806. The molecule has 1 aliphatic rings. The maximum Gasteiger partial charge on any atom is 0.337 e. The summed E-state index contributed by atoms with van der Waals surface area (Å²) in [7, 11) is 3.03. The van der Waals surface area contributed by atoms with Gasteiger partial charge in [0.05, 0.1) is 32.1 Å². The number of aliphatic hydroxyl groups excluding tert-OH is 1. The summed E-state index contributed by atoms with van der Waals surface area (Å²) >= 11 is 0. The molecule has 4 rings (SSSR count). The first-order chi connectivity index (χ1) is 15.6. The molecule has 0 amide bonds. The Hall–Kier alpha value is -3.05. The van der Waals surface area contributed by atoms with Gasteiger partial charge in [-0.25, -0.2) is 4.79 Å². The Balaban J connectivity index is 2.06. The van der Waals surface area contributed by atoms with Gasteiger partial charge in [-0.1, -0.05) is 31.4 Å². The fourth-order valence-corrected chi connectivity index (χ4v) is 5.09. The molecule has 0 spiro atoms. The maximum atomic E-state index is 12.3.